The third-order valence-corrected chi connectivity index (χ3v) is 3.56. The summed E-state index contributed by atoms with van der Waals surface area (Å²) in [5.41, 5.74) is 1.18. The van der Waals surface area contributed by atoms with Crippen LogP contribution >= 0.6 is 11.6 Å². The molecule has 0 bridgehead atoms. The molecule has 118 valence electrons. The molecule has 2 rings (SSSR count). The summed E-state index contributed by atoms with van der Waals surface area (Å²) in [4.78, 5) is 4.49. The molecule has 2 N–H and O–H groups in total. The van der Waals surface area contributed by atoms with Crippen LogP contribution in [0.2, 0.25) is 5.02 Å². The van der Waals surface area contributed by atoms with Gasteiger partial charge in [-0.2, -0.15) is 0 Å². The van der Waals surface area contributed by atoms with Crippen molar-refractivity contribution in [3.63, 3.8) is 0 Å². The second kappa shape index (κ2) is 9.15. The van der Waals surface area contributed by atoms with Crippen molar-refractivity contribution in [1.82, 2.24) is 10.6 Å². The number of nitrogens with one attached hydrogen (secondary N) is 2. The Morgan fingerprint density at radius 2 is 2.05 bits per heavy atom. The lowest BCUT2D eigenvalue weighted by Crippen LogP contribution is -2.37. The number of furan rings is 1. The van der Waals surface area contributed by atoms with Crippen LogP contribution in [0.15, 0.2) is 52.1 Å². The zero-order valence-electron chi connectivity index (χ0n) is 12.8. The van der Waals surface area contributed by atoms with Crippen molar-refractivity contribution in [3.8, 4) is 0 Å². The van der Waals surface area contributed by atoms with Gasteiger partial charge in [-0.25, -0.2) is 4.99 Å². The van der Waals surface area contributed by atoms with E-state index in [9.17, 15) is 0 Å². The minimum Gasteiger partial charge on any atom is -0.467 e. The molecule has 0 saturated carbocycles. The maximum Gasteiger partial charge on any atom is 0.191 e. The number of hydrogen-bond donors (Lipinski definition) is 2. The summed E-state index contributed by atoms with van der Waals surface area (Å²) in [5.74, 6) is 1.66. The molecular formula is C17H22ClN3O. The van der Waals surface area contributed by atoms with Crippen LogP contribution in [0.1, 0.15) is 24.7 Å². The zero-order valence-corrected chi connectivity index (χ0v) is 13.6. The van der Waals surface area contributed by atoms with Crippen molar-refractivity contribution in [3.05, 3.63) is 59.0 Å². The number of nitrogens with zero attached hydrogens (tertiary/aromatic N) is 1. The summed E-state index contributed by atoms with van der Waals surface area (Å²) < 4.78 is 5.28. The highest BCUT2D eigenvalue weighted by atomic mass is 35.5. The van der Waals surface area contributed by atoms with E-state index in [4.69, 9.17) is 16.0 Å². The summed E-state index contributed by atoms with van der Waals surface area (Å²) in [6, 6.07) is 11.8. The van der Waals surface area contributed by atoms with Crippen molar-refractivity contribution >= 4 is 17.6 Å². The van der Waals surface area contributed by atoms with Crippen molar-refractivity contribution in [2.45, 2.75) is 26.3 Å². The molecule has 0 aliphatic carbocycles. The molecule has 0 spiro atoms. The first kappa shape index (κ1) is 16.4. The fourth-order valence-electron chi connectivity index (χ4n) is 2.09. The van der Waals surface area contributed by atoms with Gasteiger partial charge in [-0.05, 0) is 43.5 Å². The van der Waals surface area contributed by atoms with Gasteiger partial charge in [-0.1, -0.05) is 29.8 Å². The van der Waals surface area contributed by atoms with Crippen LogP contribution < -0.4 is 10.6 Å². The molecule has 1 aromatic heterocycles. The minimum absolute atomic E-state index is 0.535. The van der Waals surface area contributed by atoms with E-state index in [0.29, 0.717) is 6.54 Å². The van der Waals surface area contributed by atoms with E-state index in [2.05, 4.69) is 21.7 Å². The summed E-state index contributed by atoms with van der Waals surface area (Å²) in [6.07, 6.45) is 3.61. The molecule has 1 heterocycles. The number of aliphatic imine (C=N–C) groups is 1. The molecule has 0 aliphatic heterocycles. The molecule has 0 radical (unpaired) electrons. The van der Waals surface area contributed by atoms with Gasteiger partial charge in [-0.3, -0.25) is 0 Å². The average Bonchev–Trinajstić information content (AvgIpc) is 3.04. The fraction of sp³-hybridized carbons (Fsp3) is 0.353. The molecule has 0 unspecified atom stereocenters. The highest BCUT2D eigenvalue weighted by Crippen LogP contribution is 2.16. The lowest BCUT2D eigenvalue weighted by molar-refractivity contribution is 0.512. The number of aryl methyl sites for hydroxylation is 1. The predicted molar refractivity (Wildman–Crippen MR) is 91.3 cm³/mol. The third-order valence-electron chi connectivity index (χ3n) is 3.19. The predicted octanol–water partition coefficient (Wildman–Crippen LogP) is 3.62. The summed E-state index contributed by atoms with van der Waals surface area (Å²) in [7, 11) is 0. The molecule has 22 heavy (non-hydrogen) atoms. The standard InChI is InChI=1S/C17H22ClN3O/c1-2-19-17(21-13-15-9-6-12-22-15)20-11-5-8-14-7-3-4-10-16(14)18/h3-4,6-7,9-10,12H,2,5,8,11,13H2,1H3,(H2,19,20,21). The Hall–Kier alpha value is -1.94. The Kier molecular flexibility index (Phi) is 6.84. The Bertz CT molecular complexity index is 581. The smallest absolute Gasteiger partial charge is 0.191 e. The van der Waals surface area contributed by atoms with Crippen LogP contribution in [0.3, 0.4) is 0 Å². The Balaban J connectivity index is 1.77. The van der Waals surface area contributed by atoms with Gasteiger partial charge >= 0.3 is 0 Å². The summed E-state index contributed by atoms with van der Waals surface area (Å²) in [6.45, 7) is 4.25. The van der Waals surface area contributed by atoms with Crippen molar-refractivity contribution < 1.29 is 4.42 Å². The first-order chi connectivity index (χ1) is 10.8. The van der Waals surface area contributed by atoms with Gasteiger partial charge in [0, 0.05) is 18.1 Å². The van der Waals surface area contributed by atoms with E-state index in [1.165, 1.54) is 5.56 Å². The highest BCUT2D eigenvalue weighted by molar-refractivity contribution is 6.31. The van der Waals surface area contributed by atoms with E-state index >= 15 is 0 Å². The fourth-order valence-corrected chi connectivity index (χ4v) is 2.32. The van der Waals surface area contributed by atoms with Gasteiger partial charge in [0.25, 0.3) is 0 Å². The summed E-state index contributed by atoms with van der Waals surface area (Å²) in [5, 5.41) is 7.39. The maximum atomic E-state index is 6.16. The second-order valence-electron chi connectivity index (χ2n) is 4.90. The van der Waals surface area contributed by atoms with Gasteiger partial charge < -0.3 is 15.1 Å². The van der Waals surface area contributed by atoms with Gasteiger partial charge in [0.05, 0.1) is 6.26 Å². The van der Waals surface area contributed by atoms with Gasteiger partial charge in [0.1, 0.15) is 12.3 Å². The quantitative estimate of drug-likeness (QED) is 0.465. The Morgan fingerprint density at radius 1 is 1.18 bits per heavy atom. The topological polar surface area (TPSA) is 49.6 Å². The molecule has 1 aromatic carbocycles. The lowest BCUT2D eigenvalue weighted by atomic mass is 10.1. The highest BCUT2D eigenvalue weighted by Gasteiger charge is 2.01. The van der Waals surface area contributed by atoms with Crippen LogP contribution in [0.5, 0.6) is 0 Å². The molecule has 0 atom stereocenters. The van der Waals surface area contributed by atoms with E-state index in [1.54, 1.807) is 6.26 Å². The van der Waals surface area contributed by atoms with E-state index in [1.807, 2.05) is 37.3 Å². The molecule has 5 heteroatoms. The van der Waals surface area contributed by atoms with Crippen LogP contribution in [0, 0.1) is 0 Å². The van der Waals surface area contributed by atoms with Crippen molar-refractivity contribution in [2.75, 3.05) is 13.1 Å². The maximum absolute atomic E-state index is 6.16. The number of halogens is 1. The number of guanidine groups is 1. The first-order valence-corrected chi connectivity index (χ1v) is 7.95. The van der Waals surface area contributed by atoms with Crippen LogP contribution in [-0.2, 0) is 13.0 Å². The lowest BCUT2D eigenvalue weighted by Gasteiger charge is -2.11. The van der Waals surface area contributed by atoms with Crippen LogP contribution in [-0.4, -0.2) is 19.0 Å². The molecule has 0 aliphatic rings. The van der Waals surface area contributed by atoms with E-state index < -0.39 is 0 Å². The van der Waals surface area contributed by atoms with Crippen molar-refractivity contribution in [2.24, 2.45) is 4.99 Å². The van der Waals surface area contributed by atoms with E-state index in [-0.39, 0.29) is 0 Å². The molecule has 4 nitrogen and oxygen atoms in total. The minimum atomic E-state index is 0.535. The number of benzene rings is 1. The molecule has 0 saturated heterocycles. The molecule has 0 amide bonds. The Morgan fingerprint density at radius 3 is 2.77 bits per heavy atom. The van der Waals surface area contributed by atoms with Gasteiger partial charge in [0.2, 0.25) is 0 Å². The number of hydrogen-bond acceptors (Lipinski definition) is 2. The average molecular weight is 320 g/mol. The third kappa shape index (κ3) is 5.45. The zero-order chi connectivity index (χ0) is 15.6. The normalized spacial score (nSPS) is 11.5. The Labute approximate surface area is 136 Å². The van der Waals surface area contributed by atoms with Crippen molar-refractivity contribution in [1.29, 1.82) is 0 Å². The molecule has 2 aromatic rings. The number of rotatable bonds is 7. The molecule has 0 fully saturated rings. The van der Waals surface area contributed by atoms with Crippen LogP contribution in [0.4, 0.5) is 0 Å². The van der Waals surface area contributed by atoms with E-state index in [0.717, 1.165) is 42.7 Å². The summed E-state index contributed by atoms with van der Waals surface area (Å²) >= 11 is 6.16. The largest absolute Gasteiger partial charge is 0.467 e. The van der Waals surface area contributed by atoms with Gasteiger partial charge in [0.15, 0.2) is 5.96 Å². The van der Waals surface area contributed by atoms with Gasteiger partial charge in [-0.15, -0.1) is 0 Å². The monoisotopic (exact) mass is 319 g/mol. The van der Waals surface area contributed by atoms with Crippen LogP contribution in [0.25, 0.3) is 0 Å². The SMILES string of the molecule is CCNC(=NCc1ccco1)NCCCc1ccccc1Cl. The first-order valence-electron chi connectivity index (χ1n) is 7.57. The second-order valence-corrected chi connectivity index (χ2v) is 5.30. The molecular weight excluding hydrogens is 298 g/mol.